The number of aromatic nitrogens is 1. The summed E-state index contributed by atoms with van der Waals surface area (Å²) in [7, 11) is 1.66. The lowest BCUT2D eigenvalue weighted by atomic mass is 10.2. The molecule has 26 heavy (non-hydrogen) atoms. The first-order valence-electron chi connectivity index (χ1n) is 8.82. The summed E-state index contributed by atoms with van der Waals surface area (Å²) < 4.78 is 18.3. The number of para-hydroxylation sites is 1. The maximum Gasteiger partial charge on any atom is 0.200 e. The zero-order valence-electron chi connectivity index (χ0n) is 14.7. The third kappa shape index (κ3) is 3.89. The molecule has 4 rings (SSSR count). The van der Waals surface area contributed by atoms with Gasteiger partial charge in [0.25, 0.3) is 0 Å². The molecule has 0 aliphatic carbocycles. The van der Waals surface area contributed by atoms with Gasteiger partial charge in [-0.3, -0.25) is 0 Å². The number of hydrogen-bond donors (Lipinski definition) is 0. The maximum absolute atomic E-state index is 5.95. The summed E-state index contributed by atoms with van der Waals surface area (Å²) >= 11 is 1.68. The van der Waals surface area contributed by atoms with Gasteiger partial charge in [0, 0.05) is 6.42 Å². The minimum atomic E-state index is -0.179. The maximum atomic E-state index is 5.95. The van der Waals surface area contributed by atoms with Gasteiger partial charge >= 0.3 is 0 Å². The Kier molecular flexibility index (Phi) is 5.18. The fourth-order valence-corrected chi connectivity index (χ4v) is 3.83. The van der Waals surface area contributed by atoms with Crippen LogP contribution in [0.2, 0.25) is 0 Å². The molecular weight excluding hydrogens is 346 g/mol. The Bertz CT molecular complexity index is 880. The molecule has 1 atom stereocenters. The average Bonchev–Trinajstić information content (AvgIpc) is 3.11. The summed E-state index contributed by atoms with van der Waals surface area (Å²) in [6, 6.07) is 14.1. The molecule has 3 aromatic rings. The molecule has 0 N–H and O–H groups in total. The highest BCUT2D eigenvalue weighted by atomic mass is 32.1. The smallest absolute Gasteiger partial charge is 0.200 e. The molecule has 1 aromatic heterocycles. The van der Waals surface area contributed by atoms with Crippen LogP contribution in [0.4, 0.5) is 0 Å². The Labute approximate surface area is 157 Å². The first-order chi connectivity index (χ1) is 12.8. The lowest BCUT2D eigenvalue weighted by Gasteiger charge is -2.24. The largest absolute Gasteiger partial charge is 0.493 e. The Morgan fingerprint density at radius 1 is 1.12 bits per heavy atom. The number of thiazole rings is 1. The van der Waals surface area contributed by atoms with Crippen molar-refractivity contribution >= 4 is 33.7 Å². The molecule has 4 nitrogen and oxygen atoms in total. The van der Waals surface area contributed by atoms with Crippen molar-refractivity contribution in [3.05, 3.63) is 53.0 Å². The second kappa shape index (κ2) is 7.89. The van der Waals surface area contributed by atoms with Gasteiger partial charge in [-0.1, -0.05) is 24.3 Å². The summed E-state index contributed by atoms with van der Waals surface area (Å²) in [4.78, 5) is 4.62. The van der Waals surface area contributed by atoms with Crippen molar-refractivity contribution in [3.63, 3.8) is 0 Å². The van der Waals surface area contributed by atoms with Gasteiger partial charge in [0.05, 0.1) is 23.9 Å². The van der Waals surface area contributed by atoms with Crippen molar-refractivity contribution in [2.24, 2.45) is 0 Å². The van der Waals surface area contributed by atoms with E-state index in [1.54, 1.807) is 18.4 Å². The third-order valence-electron chi connectivity index (χ3n) is 4.31. The van der Waals surface area contributed by atoms with Crippen LogP contribution in [0.15, 0.2) is 42.5 Å². The molecule has 2 heterocycles. The molecule has 134 valence electrons. The Balaban J connectivity index is 1.51. The van der Waals surface area contributed by atoms with Crippen molar-refractivity contribution in [1.29, 1.82) is 0 Å². The quantitative estimate of drug-likeness (QED) is 0.607. The van der Waals surface area contributed by atoms with Gasteiger partial charge in [-0.2, -0.15) is 0 Å². The highest BCUT2D eigenvalue weighted by Crippen LogP contribution is 2.31. The van der Waals surface area contributed by atoms with Crippen LogP contribution in [-0.4, -0.2) is 25.0 Å². The van der Waals surface area contributed by atoms with E-state index >= 15 is 0 Å². The molecule has 5 heteroatoms. The number of rotatable bonds is 5. The summed E-state index contributed by atoms with van der Waals surface area (Å²) in [5.41, 5.74) is 2.07. The van der Waals surface area contributed by atoms with Crippen molar-refractivity contribution in [3.8, 4) is 11.5 Å². The van der Waals surface area contributed by atoms with Crippen molar-refractivity contribution in [1.82, 2.24) is 4.98 Å². The molecule has 0 spiro atoms. The first-order valence-corrected chi connectivity index (χ1v) is 9.63. The van der Waals surface area contributed by atoms with Crippen molar-refractivity contribution in [2.75, 3.05) is 13.7 Å². The summed E-state index contributed by atoms with van der Waals surface area (Å²) in [6.07, 6.45) is 7.05. The molecule has 0 bridgehead atoms. The molecule has 1 aliphatic heterocycles. The number of nitrogens with zero attached hydrogens (tertiary/aromatic N) is 1. The van der Waals surface area contributed by atoms with E-state index in [0.29, 0.717) is 5.75 Å². The van der Waals surface area contributed by atoms with Crippen molar-refractivity contribution in [2.45, 2.75) is 25.6 Å². The zero-order valence-corrected chi connectivity index (χ0v) is 15.5. The summed E-state index contributed by atoms with van der Waals surface area (Å²) in [6.45, 7) is 0.760. The van der Waals surface area contributed by atoms with Gasteiger partial charge in [-0.25, -0.2) is 4.98 Å². The molecule has 0 amide bonds. The first kappa shape index (κ1) is 17.1. The van der Waals surface area contributed by atoms with Crippen LogP contribution >= 0.6 is 11.3 Å². The SMILES string of the molecule is COc1cc(/C=C/c2nc3ccccc3s2)ccc1OC1CCCCO1. The summed E-state index contributed by atoms with van der Waals surface area (Å²) in [5, 5.41) is 0.987. The number of methoxy groups -OCH3 is 1. The van der Waals surface area contributed by atoms with Crippen LogP contribution in [0.5, 0.6) is 11.5 Å². The van der Waals surface area contributed by atoms with Gasteiger partial charge in [0.1, 0.15) is 5.01 Å². The monoisotopic (exact) mass is 367 g/mol. The minimum absolute atomic E-state index is 0.179. The van der Waals surface area contributed by atoms with E-state index in [1.165, 1.54) is 4.70 Å². The molecule has 1 fully saturated rings. The van der Waals surface area contributed by atoms with Crippen LogP contribution in [-0.2, 0) is 4.74 Å². The normalized spacial score (nSPS) is 17.7. The number of hydrogen-bond acceptors (Lipinski definition) is 5. The van der Waals surface area contributed by atoms with Gasteiger partial charge < -0.3 is 14.2 Å². The second-order valence-corrected chi connectivity index (χ2v) is 7.24. The Morgan fingerprint density at radius 2 is 2.04 bits per heavy atom. The highest BCUT2D eigenvalue weighted by Gasteiger charge is 2.17. The van der Waals surface area contributed by atoms with Crippen LogP contribution in [0.3, 0.4) is 0 Å². The molecule has 1 aliphatic rings. The Hall–Kier alpha value is -2.37. The summed E-state index contributed by atoms with van der Waals surface area (Å²) in [5.74, 6) is 1.43. The molecule has 2 aromatic carbocycles. The predicted octanol–water partition coefficient (Wildman–Crippen LogP) is 5.38. The van der Waals surface area contributed by atoms with E-state index in [1.807, 2.05) is 48.6 Å². The minimum Gasteiger partial charge on any atom is -0.493 e. The number of benzene rings is 2. The van der Waals surface area contributed by atoms with Crippen LogP contribution in [0.1, 0.15) is 29.8 Å². The Morgan fingerprint density at radius 3 is 2.85 bits per heavy atom. The van der Waals surface area contributed by atoms with Gasteiger partial charge in [0.15, 0.2) is 17.8 Å². The molecule has 1 unspecified atom stereocenters. The average molecular weight is 367 g/mol. The highest BCUT2D eigenvalue weighted by molar-refractivity contribution is 7.19. The standard InChI is InChI=1S/C21H21NO3S/c1-23-18-14-15(9-11-17(18)25-21-8-4-5-13-24-21)10-12-20-22-16-6-2-3-7-19(16)26-20/h2-3,6-7,9-12,14,21H,4-5,8,13H2,1H3/b12-10+. The van der Waals surface area contributed by atoms with Gasteiger partial charge in [-0.15, -0.1) is 11.3 Å². The zero-order chi connectivity index (χ0) is 17.8. The second-order valence-electron chi connectivity index (χ2n) is 6.18. The van der Waals surface area contributed by atoms with E-state index in [9.17, 15) is 0 Å². The molecular formula is C21H21NO3S. The fraction of sp³-hybridized carbons (Fsp3) is 0.286. The predicted molar refractivity (Wildman–Crippen MR) is 106 cm³/mol. The van der Waals surface area contributed by atoms with E-state index in [2.05, 4.69) is 11.1 Å². The topological polar surface area (TPSA) is 40.6 Å². The third-order valence-corrected chi connectivity index (χ3v) is 5.31. The van der Waals surface area contributed by atoms with Crippen LogP contribution < -0.4 is 9.47 Å². The molecule has 0 saturated carbocycles. The molecule has 1 saturated heterocycles. The van der Waals surface area contributed by atoms with Crippen LogP contribution in [0.25, 0.3) is 22.4 Å². The van der Waals surface area contributed by atoms with Gasteiger partial charge in [-0.05, 0) is 48.7 Å². The lowest BCUT2D eigenvalue weighted by Crippen LogP contribution is -2.25. The van der Waals surface area contributed by atoms with E-state index in [0.717, 1.165) is 47.7 Å². The number of ether oxygens (including phenoxy) is 3. The number of fused-ring (bicyclic) bond motifs is 1. The fourth-order valence-electron chi connectivity index (χ4n) is 2.96. The van der Waals surface area contributed by atoms with Gasteiger partial charge in [0.2, 0.25) is 0 Å². The van der Waals surface area contributed by atoms with E-state index in [-0.39, 0.29) is 6.29 Å². The van der Waals surface area contributed by atoms with Crippen LogP contribution in [0, 0.1) is 0 Å². The van der Waals surface area contributed by atoms with Crippen molar-refractivity contribution < 1.29 is 14.2 Å². The van der Waals surface area contributed by atoms with E-state index < -0.39 is 0 Å². The van der Waals surface area contributed by atoms with E-state index in [4.69, 9.17) is 14.2 Å². The molecule has 0 radical (unpaired) electrons. The lowest BCUT2D eigenvalue weighted by molar-refractivity contribution is -0.106.